The van der Waals surface area contributed by atoms with Crippen molar-refractivity contribution in [2.45, 2.75) is 18.7 Å². The fourth-order valence-corrected chi connectivity index (χ4v) is 3.26. The van der Waals surface area contributed by atoms with Gasteiger partial charge in [0.25, 0.3) is 5.91 Å². The maximum absolute atomic E-state index is 13.3. The molecule has 0 saturated carbocycles. The zero-order valence-corrected chi connectivity index (χ0v) is 16.6. The molecule has 0 saturated heterocycles. The van der Waals surface area contributed by atoms with Crippen LogP contribution < -0.4 is 15.2 Å². The van der Waals surface area contributed by atoms with Crippen molar-refractivity contribution < 1.29 is 22.3 Å². The molecule has 0 aliphatic rings. The summed E-state index contributed by atoms with van der Waals surface area (Å²) in [6.45, 7) is 3.52. The van der Waals surface area contributed by atoms with Crippen LogP contribution in [-0.2, 0) is 10.0 Å². The molecule has 6 nitrogen and oxygen atoms in total. The van der Waals surface area contributed by atoms with Crippen molar-refractivity contribution in [2.75, 3.05) is 5.32 Å². The van der Waals surface area contributed by atoms with Gasteiger partial charge in [-0.2, -0.15) is 0 Å². The highest BCUT2D eigenvalue weighted by atomic mass is 32.2. The van der Waals surface area contributed by atoms with Gasteiger partial charge < -0.3 is 10.1 Å². The number of nitrogens with one attached hydrogen (secondary N) is 1. The molecule has 0 aliphatic heterocycles. The Hall–Kier alpha value is -3.23. The summed E-state index contributed by atoms with van der Waals surface area (Å²) in [7, 11) is -3.90. The Morgan fingerprint density at radius 3 is 2.41 bits per heavy atom. The zero-order chi connectivity index (χ0) is 21.2. The van der Waals surface area contributed by atoms with Gasteiger partial charge in [0, 0.05) is 5.69 Å². The number of ether oxygens (including phenoxy) is 1. The summed E-state index contributed by atoms with van der Waals surface area (Å²) in [6, 6.07) is 14.8. The van der Waals surface area contributed by atoms with Crippen LogP contribution in [0.3, 0.4) is 0 Å². The van der Waals surface area contributed by atoms with E-state index in [1.807, 2.05) is 6.92 Å². The van der Waals surface area contributed by atoms with Crippen molar-refractivity contribution in [2.24, 2.45) is 5.14 Å². The Kier molecular flexibility index (Phi) is 5.67. The summed E-state index contributed by atoms with van der Waals surface area (Å²) in [5.41, 5.74) is 1.93. The zero-order valence-electron chi connectivity index (χ0n) is 15.8. The highest BCUT2D eigenvalue weighted by Crippen LogP contribution is 2.30. The number of hydrogen-bond donors (Lipinski definition) is 2. The molecule has 1 amide bonds. The van der Waals surface area contributed by atoms with Gasteiger partial charge in [-0.05, 0) is 67.9 Å². The average molecular weight is 414 g/mol. The Balaban J connectivity index is 1.92. The van der Waals surface area contributed by atoms with E-state index in [1.165, 1.54) is 36.4 Å². The molecule has 0 bridgehead atoms. The molecule has 29 heavy (non-hydrogen) atoms. The molecule has 0 radical (unpaired) electrons. The molecule has 0 unspecified atom stereocenters. The number of halogens is 1. The molecule has 3 N–H and O–H groups in total. The summed E-state index contributed by atoms with van der Waals surface area (Å²) >= 11 is 0. The van der Waals surface area contributed by atoms with Gasteiger partial charge in [-0.3, -0.25) is 4.79 Å². The summed E-state index contributed by atoms with van der Waals surface area (Å²) in [6.07, 6.45) is 0. The number of primary sulfonamides is 1. The lowest BCUT2D eigenvalue weighted by Crippen LogP contribution is -2.15. The molecule has 0 fully saturated rings. The quantitative estimate of drug-likeness (QED) is 0.656. The van der Waals surface area contributed by atoms with Gasteiger partial charge in [0.15, 0.2) is 0 Å². The third-order valence-corrected chi connectivity index (χ3v) is 5.07. The molecule has 0 aliphatic carbocycles. The number of carbonyl (C=O) groups is 1. The first-order chi connectivity index (χ1) is 13.6. The molecule has 0 spiro atoms. The molecule has 8 heteroatoms. The third-order valence-electron chi connectivity index (χ3n) is 4.16. The Morgan fingerprint density at radius 1 is 1.00 bits per heavy atom. The standard InChI is InChI=1S/C21H19FN2O4S/c1-13-6-8-20(28-19-9-7-15(22)11-14(19)2)18(10-13)21(25)24-16-4-3-5-17(12-16)29(23,26)27/h3-12H,1-2H3,(H,24,25)(H2,23,26,27). The normalized spacial score (nSPS) is 11.2. The van der Waals surface area contributed by atoms with Crippen LogP contribution in [0.1, 0.15) is 21.5 Å². The molecule has 0 atom stereocenters. The molecular weight excluding hydrogens is 395 g/mol. The van der Waals surface area contributed by atoms with E-state index >= 15 is 0 Å². The molecule has 3 rings (SSSR count). The Bertz CT molecular complexity index is 1190. The SMILES string of the molecule is Cc1ccc(Oc2ccc(F)cc2C)c(C(=O)Nc2cccc(S(N)(=O)=O)c2)c1. The maximum Gasteiger partial charge on any atom is 0.259 e. The number of amides is 1. The summed E-state index contributed by atoms with van der Waals surface area (Å²) in [5, 5.41) is 7.78. The van der Waals surface area contributed by atoms with E-state index in [0.717, 1.165) is 5.56 Å². The lowest BCUT2D eigenvalue weighted by Gasteiger charge is -2.14. The molecule has 0 aromatic heterocycles. The predicted molar refractivity (Wildman–Crippen MR) is 108 cm³/mol. The number of rotatable bonds is 5. The third kappa shape index (κ3) is 4.98. The Morgan fingerprint density at radius 2 is 1.72 bits per heavy atom. The molecular formula is C21H19FN2O4S. The topological polar surface area (TPSA) is 98.5 Å². The second-order valence-electron chi connectivity index (χ2n) is 6.54. The number of carbonyl (C=O) groups excluding carboxylic acids is 1. The number of sulfonamides is 1. The highest BCUT2D eigenvalue weighted by Gasteiger charge is 2.16. The van der Waals surface area contributed by atoms with Crippen LogP contribution in [0.5, 0.6) is 11.5 Å². The number of hydrogen-bond acceptors (Lipinski definition) is 4. The van der Waals surface area contributed by atoms with Gasteiger partial charge in [0.1, 0.15) is 17.3 Å². The minimum atomic E-state index is -3.90. The fraction of sp³-hybridized carbons (Fsp3) is 0.0952. The van der Waals surface area contributed by atoms with Crippen molar-refractivity contribution in [3.8, 4) is 11.5 Å². The van der Waals surface area contributed by atoms with E-state index in [4.69, 9.17) is 9.88 Å². The van der Waals surface area contributed by atoms with Crippen LogP contribution in [0, 0.1) is 19.7 Å². The lowest BCUT2D eigenvalue weighted by molar-refractivity contribution is 0.102. The van der Waals surface area contributed by atoms with Gasteiger partial charge in [0.2, 0.25) is 10.0 Å². The molecule has 3 aromatic rings. The summed E-state index contributed by atoms with van der Waals surface area (Å²) < 4.78 is 42.2. The van der Waals surface area contributed by atoms with Gasteiger partial charge in [-0.15, -0.1) is 0 Å². The van der Waals surface area contributed by atoms with Crippen molar-refractivity contribution in [1.82, 2.24) is 0 Å². The Labute approximate surface area is 168 Å². The molecule has 3 aromatic carbocycles. The lowest BCUT2D eigenvalue weighted by atomic mass is 10.1. The van der Waals surface area contributed by atoms with Crippen LogP contribution in [0.2, 0.25) is 0 Å². The highest BCUT2D eigenvalue weighted by molar-refractivity contribution is 7.89. The van der Waals surface area contributed by atoms with Gasteiger partial charge in [-0.25, -0.2) is 17.9 Å². The summed E-state index contributed by atoms with van der Waals surface area (Å²) in [4.78, 5) is 12.7. The first kappa shape index (κ1) is 20.5. The average Bonchev–Trinajstić information content (AvgIpc) is 2.64. The number of anilines is 1. The van der Waals surface area contributed by atoms with Crippen LogP contribution in [0.25, 0.3) is 0 Å². The smallest absolute Gasteiger partial charge is 0.259 e. The van der Waals surface area contributed by atoms with Crippen molar-refractivity contribution in [3.05, 3.63) is 83.2 Å². The van der Waals surface area contributed by atoms with Crippen LogP contribution in [-0.4, -0.2) is 14.3 Å². The van der Waals surface area contributed by atoms with E-state index in [9.17, 15) is 17.6 Å². The largest absolute Gasteiger partial charge is 0.456 e. The van der Waals surface area contributed by atoms with Gasteiger partial charge >= 0.3 is 0 Å². The first-order valence-corrected chi connectivity index (χ1v) is 10.2. The molecule has 0 heterocycles. The number of nitrogens with two attached hydrogens (primary N) is 1. The molecule has 150 valence electrons. The van der Waals surface area contributed by atoms with Gasteiger partial charge in [0.05, 0.1) is 10.5 Å². The predicted octanol–water partition coefficient (Wildman–Crippen LogP) is 4.13. The second-order valence-corrected chi connectivity index (χ2v) is 8.10. The van der Waals surface area contributed by atoms with E-state index in [0.29, 0.717) is 11.3 Å². The monoisotopic (exact) mass is 414 g/mol. The van der Waals surface area contributed by atoms with Crippen LogP contribution >= 0.6 is 0 Å². The van der Waals surface area contributed by atoms with Crippen molar-refractivity contribution in [3.63, 3.8) is 0 Å². The number of aryl methyl sites for hydroxylation is 2. The minimum absolute atomic E-state index is 0.113. The van der Waals surface area contributed by atoms with E-state index < -0.39 is 15.9 Å². The van der Waals surface area contributed by atoms with E-state index in [2.05, 4.69) is 5.32 Å². The van der Waals surface area contributed by atoms with E-state index in [1.54, 1.807) is 31.2 Å². The van der Waals surface area contributed by atoms with Crippen LogP contribution in [0.4, 0.5) is 10.1 Å². The fourth-order valence-electron chi connectivity index (χ4n) is 2.71. The van der Waals surface area contributed by atoms with Crippen molar-refractivity contribution in [1.29, 1.82) is 0 Å². The maximum atomic E-state index is 13.3. The van der Waals surface area contributed by atoms with E-state index in [-0.39, 0.29) is 27.7 Å². The van der Waals surface area contributed by atoms with Crippen molar-refractivity contribution >= 4 is 21.6 Å². The van der Waals surface area contributed by atoms with Gasteiger partial charge in [-0.1, -0.05) is 17.7 Å². The second kappa shape index (κ2) is 8.02. The summed E-state index contributed by atoms with van der Waals surface area (Å²) in [5.74, 6) is -0.174. The number of benzene rings is 3. The van der Waals surface area contributed by atoms with Crippen LogP contribution in [0.15, 0.2) is 65.6 Å². The minimum Gasteiger partial charge on any atom is -0.456 e. The first-order valence-electron chi connectivity index (χ1n) is 8.62.